The van der Waals surface area contributed by atoms with E-state index in [0.717, 1.165) is 16.9 Å². The van der Waals surface area contributed by atoms with Crippen LogP contribution in [-0.2, 0) is 32.1 Å². The first-order valence-corrected chi connectivity index (χ1v) is 10.1. The number of benzene rings is 1. The smallest absolute Gasteiger partial charge is 0.336 e. The Balaban J connectivity index is 1.50. The highest BCUT2D eigenvalue weighted by molar-refractivity contribution is 6.08. The van der Waals surface area contributed by atoms with Gasteiger partial charge in [-0.1, -0.05) is 31.2 Å². The van der Waals surface area contributed by atoms with Gasteiger partial charge in [-0.05, 0) is 37.8 Å². The van der Waals surface area contributed by atoms with Crippen molar-refractivity contribution in [2.45, 2.75) is 45.8 Å². The molecule has 1 saturated heterocycles. The summed E-state index contributed by atoms with van der Waals surface area (Å²) in [6.45, 7) is 3.34. The van der Waals surface area contributed by atoms with E-state index in [2.05, 4.69) is 0 Å². The number of hydrogen-bond donors (Lipinski definition) is 0. The van der Waals surface area contributed by atoms with Crippen LogP contribution in [0.5, 0.6) is 0 Å². The van der Waals surface area contributed by atoms with Gasteiger partial charge in [-0.3, -0.25) is 14.5 Å². The zero-order valence-corrected chi connectivity index (χ0v) is 16.9. The Morgan fingerprint density at radius 3 is 2.43 bits per heavy atom. The van der Waals surface area contributed by atoms with Gasteiger partial charge in [0.1, 0.15) is 18.2 Å². The average molecular weight is 409 g/mol. The van der Waals surface area contributed by atoms with Crippen molar-refractivity contribution in [1.29, 1.82) is 0 Å². The summed E-state index contributed by atoms with van der Waals surface area (Å²) in [4.78, 5) is 50.9. The molecular weight excluding hydrogens is 386 g/mol. The Hall–Kier alpha value is -3.22. The first-order valence-electron chi connectivity index (χ1n) is 10.1. The highest BCUT2D eigenvalue weighted by Gasteiger charge is 2.50. The predicted octanol–water partition coefficient (Wildman–Crippen LogP) is 2.74. The van der Waals surface area contributed by atoms with Crippen LogP contribution in [0.4, 0.5) is 0 Å². The summed E-state index contributed by atoms with van der Waals surface area (Å²) >= 11 is 0. The molecule has 1 fully saturated rings. The molecule has 0 saturated carbocycles. The number of amides is 2. The van der Waals surface area contributed by atoms with Crippen LogP contribution in [0, 0.1) is 11.8 Å². The maximum Gasteiger partial charge on any atom is 0.336 e. The number of aryl methyl sites for hydroxylation is 1. The maximum atomic E-state index is 12.7. The molecular formula is C23H23NO6. The van der Waals surface area contributed by atoms with Crippen LogP contribution in [0.3, 0.4) is 0 Å². The molecule has 156 valence electrons. The summed E-state index contributed by atoms with van der Waals surface area (Å²) in [5.41, 5.74) is 1.44. The number of hydrogen-bond acceptors (Lipinski definition) is 6. The third-order valence-electron chi connectivity index (χ3n) is 5.94. The van der Waals surface area contributed by atoms with Crippen molar-refractivity contribution >= 4 is 28.8 Å². The molecule has 1 aromatic carbocycles. The second-order valence-corrected chi connectivity index (χ2v) is 7.76. The molecule has 0 unspecified atom stereocenters. The van der Waals surface area contributed by atoms with Crippen LogP contribution in [0.1, 0.15) is 37.8 Å². The lowest BCUT2D eigenvalue weighted by atomic mass is 9.85. The fourth-order valence-electron chi connectivity index (χ4n) is 4.20. The molecule has 3 atom stereocenters. The summed E-state index contributed by atoms with van der Waals surface area (Å²) in [6.07, 6.45) is 5.62. The van der Waals surface area contributed by atoms with Crippen molar-refractivity contribution < 1.29 is 23.5 Å². The summed E-state index contributed by atoms with van der Waals surface area (Å²) in [5.74, 6) is -2.12. The van der Waals surface area contributed by atoms with Crippen molar-refractivity contribution in [3.05, 3.63) is 58.0 Å². The molecule has 4 rings (SSSR count). The van der Waals surface area contributed by atoms with Gasteiger partial charge in [-0.2, -0.15) is 0 Å². The monoisotopic (exact) mass is 409 g/mol. The normalized spacial score (nSPS) is 21.7. The van der Waals surface area contributed by atoms with Crippen molar-refractivity contribution in [2.75, 3.05) is 0 Å². The Morgan fingerprint density at radius 2 is 1.80 bits per heavy atom. The average Bonchev–Trinajstić information content (AvgIpc) is 3.01. The molecule has 1 aliphatic heterocycles. The molecule has 7 heteroatoms. The van der Waals surface area contributed by atoms with Gasteiger partial charge in [0.05, 0.1) is 11.8 Å². The summed E-state index contributed by atoms with van der Waals surface area (Å²) in [7, 11) is 0. The van der Waals surface area contributed by atoms with Gasteiger partial charge in [0.25, 0.3) is 0 Å². The topological polar surface area (TPSA) is 93.9 Å². The van der Waals surface area contributed by atoms with Crippen LogP contribution in [0.15, 0.2) is 45.6 Å². The van der Waals surface area contributed by atoms with Crippen LogP contribution < -0.4 is 5.63 Å². The zero-order chi connectivity index (χ0) is 21.4. The molecule has 0 N–H and O–H groups in total. The molecule has 1 aromatic heterocycles. The van der Waals surface area contributed by atoms with E-state index in [1.54, 1.807) is 6.07 Å². The molecule has 0 radical (unpaired) electrons. The molecule has 2 aliphatic rings. The van der Waals surface area contributed by atoms with Gasteiger partial charge in [-0.15, -0.1) is 0 Å². The van der Waals surface area contributed by atoms with Gasteiger partial charge in [-0.25, -0.2) is 9.59 Å². The van der Waals surface area contributed by atoms with Crippen molar-refractivity contribution in [3.63, 3.8) is 0 Å². The molecule has 1 aliphatic carbocycles. The minimum absolute atomic E-state index is 0.151. The van der Waals surface area contributed by atoms with Crippen LogP contribution >= 0.6 is 0 Å². The number of carbonyl (C=O) groups excluding carboxylic acids is 3. The molecule has 7 nitrogen and oxygen atoms in total. The lowest BCUT2D eigenvalue weighted by Crippen LogP contribution is -2.44. The summed E-state index contributed by atoms with van der Waals surface area (Å²) in [6, 6.07) is 5.82. The standard InChI is InChI=1S/C23H23NO6/c1-3-14-8-9-16-15(11-20(25)30-19(16)10-14)12-29-23(28)13(2)24-21(26)17-6-4-5-7-18(17)22(24)27/h4-5,8-11,13,17-18H,3,6-7,12H2,1-2H3/t13-,17+,18+/m0/s1. The number of imide groups is 1. The van der Waals surface area contributed by atoms with Gasteiger partial charge in [0, 0.05) is 17.0 Å². The van der Waals surface area contributed by atoms with Gasteiger partial charge < -0.3 is 9.15 Å². The van der Waals surface area contributed by atoms with Crippen LogP contribution in [0.25, 0.3) is 11.0 Å². The number of fused-ring (bicyclic) bond motifs is 2. The Morgan fingerprint density at radius 1 is 1.13 bits per heavy atom. The van der Waals surface area contributed by atoms with E-state index in [0.29, 0.717) is 29.4 Å². The van der Waals surface area contributed by atoms with Gasteiger partial charge >= 0.3 is 11.6 Å². The minimum Gasteiger partial charge on any atom is -0.459 e. The maximum absolute atomic E-state index is 12.7. The molecule has 2 aromatic rings. The second kappa shape index (κ2) is 7.89. The number of allylic oxidation sites excluding steroid dienone is 2. The van der Waals surface area contributed by atoms with E-state index in [1.165, 1.54) is 13.0 Å². The number of likely N-dealkylation sites (tertiary alicyclic amines) is 1. The van der Waals surface area contributed by atoms with E-state index in [-0.39, 0.29) is 18.4 Å². The second-order valence-electron chi connectivity index (χ2n) is 7.76. The van der Waals surface area contributed by atoms with E-state index in [9.17, 15) is 19.2 Å². The quantitative estimate of drug-likeness (QED) is 0.326. The number of esters is 1. The van der Waals surface area contributed by atoms with Gasteiger partial charge in [0.2, 0.25) is 11.8 Å². The summed E-state index contributed by atoms with van der Waals surface area (Å²) < 4.78 is 10.7. The predicted molar refractivity (Wildman–Crippen MR) is 108 cm³/mol. The van der Waals surface area contributed by atoms with Gasteiger partial charge in [0.15, 0.2) is 0 Å². The Kier molecular flexibility index (Phi) is 5.28. The third kappa shape index (κ3) is 3.44. The number of rotatable bonds is 5. The SMILES string of the molecule is CCc1ccc2c(COC(=O)[C@H](C)N3C(=O)[C@@H]4CC=CC[C@H]4C3=O)cc(=O)oc2c1. The number of carbonyl (C=O) groups is 3. The highest BCUT2D eigenvalue weighted by Crippen LogP contribution is 2.36. The first kappa shape index (κ1) is 20.1. The molecule has 0 spiro atoms. The van der Waals surface area contributed by atoms with E-state index in [1.807, 2.05) is 31.2 Å². The zero-order valence-electron chi connectivity index (χ0n) is 16.9. The third-order valence-corrected chi connectivity index (χ3v) is 5.94. The molecule has 0 bridgehead atoms. The lowest BCUT2D eigenvalue weighted by molar-refractivity contribution is -0.159. The van der Waals surface area contributed by atoms with E-state index in [4.69, 9.17) is 9.15 Å². The minimum atomic E-state index is -1.02. The fourth-order valence-corrected chi connectivity index (χ4v) is 4.20. The molecule has 30 heavy (non-hydrogen) atoms. The largest absolute Gasteiger partial charge is 0.459 e. The Bertz CT molecular complexity index is 1090. The van der Waals surface area contributed by atoms with Crippen molar-refractivity contribution in [1.82, 2.24) is 4.90 Å². The fraction of sp³-hybridized carbons (Fsp3) is 0.391. The van der Waals surface area contributed by atoms with Crippen molar-refractivity contribution in [2.24, 2.45) is 11.8 Å². The Labute approximate surface area is 173 Å². The number of ether oxygens (including phenoxy) is 1. The molecule has 2 amide bonds. The lowest BCUT2D eigenvalue weighted by Gasteiger charge is -2.21. The van der Waals surface area contributed by atoms with Crippen LogP contribution in [0.2, 0.25) is 0 Å². The van der Waals surface area contributed by atoms with E-state index >= 15 is 0 Å². The molecule has 2 heterocycles. The van der Waals surface area contributed by atoms with E-state index < -0.39 is 29.5 Å². The summed E-state index contributed by atoms with van der Waals surface area (Å²) in [5, 5.41) is 0.678. The number of nitrogens with zero attached hydrogens (tertiary/aromatic N) is 1. The van der Waals surface area contributed by atoms with Crippen LogP contribution in [-0.4, -0.2) is 28.7 Å². The highest BCUT2D eigenvalue weighted by atomic mass is 16.5. The first-order chi connectivity index (χ1) is 14.4. The van der Waals surface area contributed by atoms with Crippen molar-refractivity contribution in [3.8, 4) is 0 Å².